The Morgan fingerprint density at radius 2 is 2.21 bits per heavy atom. The van der Waals surface area contributed by atoms with E-state index < -0.39 is 6.10 Å². The summed E-state index contributed by atoms with van der Waals surface area (Å²) >= 11 is 0. The van der Waals surface area contributed by atoms with Crippen molar-refractivity contribution in [3.63, 3.8) is 0 Å². The van der Waals surface area contributed by atoms with Crippen molar-refractivity contribution in [1.82, 2.24) is 0 Å². The van der Waals surface area contributed by atoms with Gasteiger partial charge in [0.05, 0.1) is 11.0 Å². The Bertz CT molecular complexity index is 470. The summed E-state index contributed by atoms with van der Waals surface area (Å²) in [4.78, 5) is 12.7. The SMILES string of the molecule is C[C@@H](O)c1ccc(N(C)CC2CCC2)c([N+](=O)[O-])c1. The van der Waals surface area contributed by atoms with E-state index >= 15 is 0 Å². The monoisotopic (exact) mass is 264 g/mol. The summed E-state index contributed by atoms with van der Waals surface area (Å²) in [7, 11) is 1.89. The first kappa shape index (κ1) is 13.8. The van der Waals surface area contributed by atoms with E-state index in [1.807, 2.05) is 11.9 Å². The Labute approximate surface area is 113 Å². The van der Waals surface area contributed by atoms with E-state index in [-0.39, 0.29) is 10.6 Å². The molecule has 1 saturated carbocycles. The number of nitro groups is 1. The molecular weight excluding hydrogens is 244 g/mol. The van der Waals surface area contributed by atoms with Gasteiger partial charge in [0.1, 0.15) is 5.69 Å². The van der Waals surface area contributed by atoms with Gasteiger partial charge in [-0.15, -0.1) is 0 Å². The molecule has 1 aromatic rings. The third kappa shape index (κ3) is 3.04. The van der Waals surface area contributed by atoms with Gasteiger partial charge in [-0.3, -0.25) is 10.1 Å². The van der Waals surface area contributed by atoms with Crippen LogP contribution in [0.1, 0.15) is 37.9 Å². The Balaban J connectivity index is 2.24. The zero-order valence-electron chi connectivity index (χ0n) is 11.4. The highest BCUT2D eigenvalue weighted by Crippen LogP contribution is 2.33. The highest BCUT2D eigenvalue weighted by molar-refractivity contribution is 5.64. The lowest BCUT2D eigenvalue weighted by Crippen LogP contribution is -2.29. The second-order valence-corrected chi connectivity index (χ2v) is 5.36. The molecule has 1 aliphatic carbocycles. The smallest absolute Gasteiger partial charge is 0.292 e. The number of benzene rings is 1. The zero-order chi connectivity index (χ0) is 14.0. The Morgan fingerprint density at radius 3 is 2.68 bits per heavy atom. The zero-order valence-corrected chi connectivity index (χ0v) is 11.4. The number of hydrogen-bond acceptors (Lipinski definition) is 4. The first-order chi connectivity index (χ1) is 8.99. The van der Waals surface area contributed by atoms with Crippen LogP contribution >= 0.6 is 0 Å². The van der Waals surface area contributed by atoms with Gasteiger partial charge < -0.3 is 10.0 Å². The molecule has 0 amide bonds. The molecule has 1 aromatic carbocycles. The average molecular weight is 264 g/mol. The number of anilines is 1. The summed E-state index contributed by atoms with van der Waals surface area (Å²) in [6, 6.07) is 4.96. The van der Waals surface area contributed by atoms with Crippen molar-refractivity contribution in [2.45, 2.75) is 32.3 Å². The maximum absolute atomic E-state index is 11.2. The predicted molar refractivity (Wildman–Crippen MR) is 74.3 cm³/mol. The largest absolute Gasteiger partial charge is 0.389 e. The Kier molecular flexibility index (Phi) is 4.04. The molecule has 0 bridgehead atoms. The first-order valence-corrected chi connectivity index (χ1v) is 6.66. The topological polar surface area (TPSA) is 66.6 Å². The van der Waals surface area contributed by atoms with E-state index in [0.717, 1.165) is 6.54 Å². The van der Waals surface area contributed by atoms with Crippen molar-refractivity contribution in [2.75, 3.05) is 18.5 Å². The number of nitrogens with zero attached hydrogens (tertiary/aromatic N) is 2. The van der Waals surface area contributed by atoms with Crippen molar-refractivity contribution in [2.24, 2.45) is 5.92 Å². The van der Waals surface area contributed by atoms with Crippen LogP contribution in [0.5, 0.6) is 0 Å². The lowest BCUT2D eigenvalue weighted by molar-refractivity contribution is -0.384. The fraction of sp³-hybridized carbons (Fsp3) is 0.571. The number of hydrogen-bond donors (Lipinski definition) is 1. The fourth-order valence-corrected chi connectivity index (χ4v) is 2.43. The Morgan fingerprint density at radius 1 is 1.53 bits per heavy atom. The average Bonchev–Trinajstić information content (AvgIpc) is 2.32. The van der Waals surface area contributed by atoms with Crippen LogP contribution in [-0.4, -0.2) is 23.6 Å². The number of nitro benzene ring substituents is 1. The number of aliphatic hydroxyl groups excluding tert-OH is 1. The van der Waals surface area contributed by atoms with Gasteiger partial charge in [0, 0.05) is 19.7 Å². The van der Waals surface area contributed by atoms with Gasteiger partial charge in [-0.2, -0.15) is 0 Å². The Hall–Kier alpha value is -1.62. The molecule has 1 aliphatic rings. The molecule has 1 fully saturated rings. The van der Waals surface area contributed by atoms with Crippen molar-refractivity contribution in [3.8, 4) is 0 Å². The summed E-state index contributed by atoms with van der Waals surface area (Å²) in [5.74, 6) is 0.654. The van der Waals surface area contributed by atoms with E-state index in [9.17, 15) is 15.2 Å². The summed E-state index contributed by atoms with van der Waals surface area (Å²) in [5, 5.41) is 20.7. The van der Waals surface area contributed by atoms with Crippen LogP contribution in [0.2, 0.25) is 0 Å². The van der Waals surface area contributed by atoms with Crippen LogP contribution in [0.25, 0.3) is 0 Å². The van der Waals surface area contributed by atoms with Gasteiger partial charge in [-0.05, 0) is 37.3 Å². The van der Waals surface area contributed by atoms with Gasteiger partial charge >= 0.3 is 0 Å². The number of aliphatic hydroxyl groups is 1. The maximum Gasteiger partial charge on any atom is 0.292 e. The second kappa shape index (κ2) is 5.57. The summed E-state index contributed by atoms with van der Waals surface area (Å²) in [6.07, 6.45) is 3.00. The molecule has 0 saturated heterocycles. The predicted octanol–water partition coefficient (Wildman–Crippen LogP) is 2.88. The molecule has 104 valence electrons. The van der Waals surface area contributed by atoms with Crippen LogP contribution < -0.4 is 4.90 Å². The quantitative estimate of drug-likeness (QED) is 0.656. The van der Waals surface area contributed by atoms with E-state index in [4.69, 9.17) is 0 Å². The lowest BCUT2D eigenvalue weighted by Gasteiger charge is -2.31. The van der Waals surface area contributed by atoms with Crippen LogP contribution in [0.3, 0.4) is 0 Å². The minimum Gasteiger partial charge on any atom is -0.389 e. The molecule has 1 atom stereocenters. The van der Waals surface area contributed by atoms with E-state index in [0.29, 0.717) is 17.2 Å². The highest BCUT2D eigenvalue weighted by atomic mass is 16.6. The highest BCUT2D eigenvalue weighted by Gasteiger charge is 2.23. The summed E-state index contributed by atoms with van der Waals surface area (Å²) in [5.41, 5.74) is 1.27. The van der Waals surface area contributed by atoms with E-state index in [1.165, 1.54) is 25.3 Å². The molecule has 0 heterocycles. The third-order valence-corrected chi connectivity index (χ3v) is 3.85. The summed E-state index contributed by atoms with van der Waals surface area (Å²) in [6.45, 7) is 2.46. The van der Waals surface area contributed by atoms with E-state index in [1.54, 1.807) is 19.1 Å². The maximum atomic E-state index is 11.2. The molecule has 19 heavy (non-hydrogen) atoms. The van der Waals surface area contributed by atoms with Crippen molar-refractivity contribution in [3.05, 3.63) is 33.9 Å². The van der Waals surface area contributed by atoms with E-state index in [2.05, 4.69) is 0 Å². The molecule has 5 heteroatoms. The lowest BCUT2D eigenvalue weighted by atomic mass is 9.85. The van der Waals surface area contributed by atoms with Crippen LogP contribution in [0, 0.1) is 16.0 Å². The van der Waals surface area contributed by atoms with Crippen molar-refractivity contribution >= 4 is 11.4 Å². The summed E-state index contributed by atoms with van der Waals surface area (Å²) < 4.78 is 0. The normalized spacial score (nSPS) is 16.8. The fourth-order valence-electron chi connectivity index (χ4n) is 2.43. The molecular formula is C14H20N2O3. The van der Waals surface area contributed by atoms with Crippen molar-refractivity contribution < 1.29 is 10.0 Å². The van der Waals surface area contributed by atoms with Crippen LogP contribution in [0.4, 0.5) is 11.4 Å². The minimum atomic E-state index is -0.690. The van der Waals surface area contributed by atoms with Gasteiger partial charge in [-0.1, -0.05) is 12.5 Å². The molecule has 5 nitrogen and oxygen atoms in total. The first-order valence-electron chi connectivity index (χ1n) is 6.66. The van der Waals surface area contributed by atoms with Gasteiger partial charge in [0.2, 0.25) is 0 Å². The molecule has 1 N–H and O–H groups in total. The van der Waals surface area contributed by atoms with Gasteiger partial charge in [-0.25, -0.2) is 0 Å². The molecule has 0 aliphatic heterocycles. The third-order valence-electron chi connectivity index (χ3n) is 3.85. The van der Waals surface area contributed by atoms with Crippen LogP contribution in [-0.2, 0) is 0 Å². The van der Waals surface area contributed by atoms with Gasteiger partial charge in [0.25, 0.3) is 5.69 Å². The minimum absolute atomic E-state index is 0.0697. The molecule has 0 spiro atoms. The van der Waals surface area contributed by atoms with Gasteiger partial charge in [0.15, 0.2) is 0 Å². The molecule has 2 rings (SSSR count). The molecule has 0 unspecified atom stereocenters. The number of rotatable bonds is 5. The van der Waals surface area contributed by atoms with Crippen LogP contribution in [0.15, 0.2) is 18.2 Å². The molecule has 0 radical (unpaired) electrons. The second-order valence-electron chi connectivity index (χ2n) is 5.36. The molecule has 0 aromatic heterocycles. The standard InChI is InChI=1S/C14H20N2O3/c1-10(17)12-6-7-13(14(8-12)16(18)19)15(2)9-11-4-3-5-11/h6-8,10-11,17H,3-5,9H2,1-2H3/t10-/m1/s1. The van der Waals surface area contributed by atoms with Crippen molar-refractivity contribution in [1.29, 1.82) is 0 Å².